The van der Waals surface area contributed by atoms with Gasteiger partial charge in [-0.2, -0.15) is 0 Å². The van der Waals surface area contributed by atoms with E-state index in [0.29, 0.717) is 16.9 Å². The van der Waals surface area contributed by atoms with E-state index in [4.69, 9.17) is 4.74 Å². The number of carboxylic acids is 1. The highest BCUT2D eigenvalue weighted by molar-refractivity contribution is 14.1. The van der Waals surface area contributed by atoms with Crippen LogP contribution in [0.3, 0.4) is 0 Å². The Kier molecular flexibility index (Phi) is 7.30. The van der Waals surface area contributed by atoms with Crippen molar-refractivity contribution in [2.24, 2.45) is 0 Å². The second-order valence-electron chi connectivity index (χ2n) is 4.64. The number of likely N-dealkylation sites (N-methyl/N-ethyl adjacent to an activating group) is 1. The molecule has 0 radical (unpaired) electrons. The van der Waals surface area contributed by atoms with Gasteiger partial charge in [0.25, 0.3) is 0 Å². The Morgan fingerprint density at radius 1 is 1.52 bits per heavy atom. The fourth-order valence-electron chi connectivity index (χ4n) is 1.88. The van der Waals surface area contributed by atoms with E-state index in [-0.39, 0.29) is 16.2 Å². The maximum Gasteiger partial charge on any atom is 0.411 e. The van der Waals surface area contributed by atoms with E-state index in [9.17, 15) is 14.7 Å². The molecule has 0 aliphatic carbocycles. The summed E-state index contributed by atoms with van der Waals surface area (Å²) in [4.78, 5) is 23.0. The van der Waals surface area contributed by atoms with E-state index >= 15 is 0 Å². The first-order chi connectivity index (χ1) is 10.8. The van der Waals surface area contributed by atoms with Gasteiger partial charge in [-0.05, 0) is 31.5 Å². The zero-order chi connectivity index (χ0) is 17.6. The summed E-state index contributed by atoms with van der Waals surface area (Å²) >= 11 is 2.17. The van der Waals surface area contributed by atoms with Gasteiger partial charge in [-0.25, -0.2) is 14.6 Å². The number of carboxylic acid groups (broad SMARTS) is 1. The molecule has 0 saturated heterocycles. The zero-order valence-electron chi connectivity index (χ0n) is 13.2. The molecule has 1 rings (SSSR count). The van der Waals surface area contributed by atoms with Crippen LogP contribution < -0.4 is 10.7 Å². The molecule has 0 saturated carbocycles. The first kappa shape index (κ1) is 19.2. The smallest absolute Gasteiger partial charge is 0.411 e. The Hall–Kier alpha value is -1.81. The Bertz CT molecular complexity index is 607. The van der Waals surface area contributed by atoms with Gasteiger partial charge in [0.15, 0.2) is 0 Å². The quantitative estimate of drug-likeness (QED) is 0.201. The van der Waals surface area contributed by atoms with Crippen LogP contribution in [-0.4, -0.2) is 39.9 Å². The highest BCUT2D eigenvalue weighted by atomic mass is 127. The monoisotopic (exact) mass is 433 g/mol. The minimum atomic E-state index is -1.06. The fraction of sp³-hybridized carbons (Fsp3) is 0.333. The van der Waals surface area contributed by atoms with E-state index in [1.165, 1.54) is 6.07 Å². The van der Waals surface area contributed by atoms with Crippen LogP contribution in [0.2, 0.25) is 0 Å². The molecule has 1 atom stereocenters. The number of hydrogen-bond acceptors (Lipinski definition) is 5. The van der Waals surface area contributed by atoms with Crippen LogP contribution in [0.4, 0.5) is 16.2 Å². The lowest BCUT2D eigenvalue weighted by atomic mass is 10.1. The van der Waals surface area contributed by atoms with Crippen molar-refractivity contribution in [1.82, 2.24) is 5.01 Å². The summed E-state index contributed by atoms with van der Waals surface area (Å²) in [5, 5.41) is 13.6. The molecule has 7 nitrogen and oxygen atoms in total. The molecule has 0 aliphatic heterocycles. The molecule has 3 N–H and O–H groups in total. The van der Waals surface area contributed by atoms with Crippen LogP contribution in [0.15, 0.2) is 24.8 Å². The number of nitrogens with one attached hydrogen (secondary N) is 2. The number of aromatic carboxylic acids is 1. The number of carbonyl (C=O) groups excluding carboxylic acids is 1. The predicted molar refractivity (Wildman–Crippen MR) is 98.2 cm³/mol. The molecule has 1 amide bonds. The first-order valence-electron chi connectivity index (χ1n) is 6.88. The van der Waals surface area contributed by atoms with Gasteiger partial charge in [0.2, 0.25) is 0 Å². The standard InChI is InChI=1S/C15H20IN3O4/c1-5-12(16)19(4)18-11-8-7-10(14(20)21)9(3)13(11)17-15(22)23-6-2/h5,7-8,12,18H,1,6H2,2-4H3,(H,17,22)(H,20,21). The van der Waals surface area contributed by atoms with Gasteiger partial charge in [0.1, 0.15) is 0 Å². The molecule has 0 fully saturated rings. The highest BCUT2D eigenvalue weighted by Gasteiger charge is 2.18. The number of anilines is 2. The topological polar surface area (TPSA) is 90.9 Å². The summed E-state index contributed by atoms with van der Waals surface area (Å²) < 4.78 is 4.88. The molecule has 0 aliphatic rings. The number of hydrogen-bond donors (Lipinski definition) is 3. The van der Waals surface area contributed by atoms with Gasteiger partial charge < -0.3 is 15.3 Å². The van der Waals surface area contributed by atoms with Crippen LogP contribution in [0.5, 0.6) is 0 Å². The molecule has 0 aromatic heterocycles. The Labute approximate surface area is 148 Å². The van der Waals surface area contributed by atoms with Crippen molar-refractivity contribution >= 4 is 46.0 Å². The van der Waals surface area contributed by atoms with Crippen LogP contribution in [0.25, 0.3) is 0 Å². The average molecular weight is 433 g/mol. The Morgan fingerprint density at radius 2 is 2.17 bits per heavy atom. The van der Waals surface area contributed by atoms with Crippen molar-refractivity contribution in [3.05, 3.63) is 35.9 Å². The summed E-state index contributed by atoms with van der Waals surface area (Å²) in [6, 6.07) is 3.08. The first-order valence-corrected chi connectivity index (χ1v) is 8.13. The zero-order valence-corrected chi connectivity index (χ0v) is 15.4. The number of alkyl halides is 1. The van der Waals surface area contributed by atoms with E-state index in [1.807, 2.05) is 7.05 Å². The minimum Gasteiger partial charge on any atom is -0.478 e. The second kappa shape index (κ2) is 8.73. The van der Waals surface area contributed by atoms with Crippen molar-refractivity contribution < 1.29 is 19.4 Å². The number of hydrazine groups is 1. The highest BCUT2D eigenvalue weighted by Crippen LogP contribution is 2.30. The van der Waals surface area contributed by atoms with Gasteiger partial charge >= 0.3 is 12.1 Å². The number of rotatable bonds is 7. The summed E-state index contributed by atoms with van der Waals surface area (Å²) in [5.41, 5.74) is 4.58. The molecule has 23 heavy (non-hydrogen) atoms. The third-order valence-electron chi connectivity index (χ3n) is 3.06. The maximum atomic E-state index is 11.7. The van der Waals surface area contributed by atoms with E-state index < -0.39 is 12.1 Å². The number of ether oxygens (including phenoxy) is 1. The molecule has 1 aromatic carbocycles. The summed E-state index contributed by atoms with van der Waals surface area (Å²) in [5.74, 6) is -1.06. The lowest BCUT2D eigenvalue weighted by molar-refractivity contribution is 0.0696. The van der Waals surface area contributed by atoms with E-state index in [0.717, 1.165) is 0 Å². The number of amides is 1. The van der Waals surface area contributed by atoms with E-state index in [2.05, 4.69) is 39.9 Å². The number of nitrogens with zero attached hydrogens (tertiary/aromatic N) is 1. The largest absolute Gasteiger partial charge is 0.478 e. The van der Waals surface area contributed by atoms with Crippen molar-refractivity contribution in [3.63, 3.8) is 0 Å². The summed E-state index contributed by atoms with van der Waals surface area (Å²) in [7, 11) is 1.81. The molecular formula is C15H20IN3O4. The third kappa shape index (κ3) is 5.10. The molecule has 1 aromatic rings. The lowest BCUT2D eigenvalue weighted by Crippen LogP contribution is -2.31. The molecule has 8 heteroatoms. The van der Waals surface area contributed by atoms with Gasteiger partial charge in [-0.15, -0.1) is 6.58 Å². The fourth-order valence-corrected chi connectivity index (χ4v) is 2.02. The normalized spacial score (nSPS) is 11.7. The maximum absolute atomic E-state index is 11.7. The van der Waals surface area contributed by atoms with Crippen molar-refractivity contribution in [3.8, 4) is 0 Å². The van der Waals surface area contributed by atoms with Gasteiger partial charge in [0.05, 0.1) is 27.6 Å². The third-order valence-corrected chi connectivity index (χ3v) is 4.40. The van der Waals surface area contributed by atoms with Crippen LogP contribution in [-0.2, 0) is 4.74 Å². The number of carbonyl (C=O) groups is 2. The van der Waals surface area contributed by atoms with Gasteiger partial charge in [0, 0.05) is 7.05 Å². The van der Waals surface area contributed by atoms with Crippen molar-refractivity contribution in [1.29, 1.82) is 0 Å². The molecule has 1 unspecified atom stereocenters. The SMILES string of the molecule is C=CC(I)N(C)Nc1ccc(C(=O)O)c(C)c1NC(=O)OCC. The molecule has 0 spiro atoms. The summed E-state index contributed by atoms with van der Waals surface area (Å²) in [6.45, 7) is 7.26. The molecule has 0 bridgehead atoms. The second-order valence-corrected chi connectivity index (χ2v) is 5.92. The minimum absolute atomic E-state index is 0.00231. The number of benzene rings is 1. The van der Waals surface area contributed by atoms with Gasteiger partial charge in [-0.3, -0.25) is 5.32 Å². The Balaban J connectivity index is 3.22. The van der Waals surface area contributed by atoms with Gasteiger partial charge in [-0.1, -0.05) is 28.7 Å². The Morgan fingerprint density at radius 3 is 2.70 bits per heavy atom. The van der Waals surface area contributed by atoms with Crippen LogP contribution in [0.1, 0.15) is 22.8 Å². The molecular weight excluding hydrogens is 413 g/mol. The molecule has 0 heterocycles. The van der Waals surface area contributed by atoms with Crippen molar-refractivity contribution in [2.75, 3.05) is 24.4 Å². The lowest BCUT2D eigenvalue weighted by Gasteiger charge is -2.25. The average Bonchev–Trinajstić information content (AvgIpc) is 2.49. The molecule has 126 valence electrons. The van der Waals surface area contributed by atoms with E-state index in [1.54, 1.807) is 31.0 Å². The number of halogens is 1. The predicted octanol–water partition coefficient (Wildman–Crippen LogP) is 3.47. The van der Waals surface area contributed by atoms with Crippen LogP contribution in [0, 0.1) is 6.92 Å². The van der Waals surface area contributed by atoms with Crippen LogP contribution >= 0.6 is 22.6 Å². The summed E-state index contributed by atoms with van der Waals surface area (Å²) in [6.07, 6.45) is 1.10. The van der Waals surface area contributed by atoms with Crippen molar-refractivity contribution in [2.45, 2.75) is 17.9 Å².